The molecular weight excluding hydrogens is 487 g/mol. The molecule has 2 atom stereocenters. The van der Waals surface area contributed by atoms with Gasteiger partial charge in [-0.2, -0.15) is 5.10 Å². The van der Waals surface area contributed by atoms with Crippen molar-refractivity contribution in [2.75, 3.05) is 24.6 Å². The summed E-state index contributed by atoms with van der Waals surface area (Å²) in [6.45, 7) is 4.53. The third-order valence-electron chi connectivity index (χ3n) is 6.60. The highest BCUT2D eigenvalue weighted by atomic mass is 35.5. The van der Waals surface area contributed by atoms with Crippen LogP contribution in [0.5, 0.6) is 0 Å². The van der Waals surface area contributed by atoms with Crippen LogP contribution < -0.4 is 10.6 Å². The standard InChI is InChI=1S/C21H23ClN6O3S.ClH/c1-11-19(23)21(10-31-11)4-6-28(7-5-21)14-8-25-15(9-24-14)32-13-3-2-12-17(16(13)22)26-27-18(12)20(29)30;/h2-3,8-9,11,19H,4-7,10,23H2,1H3,(H,26,27)(H,29,30);1H/t11-,19+;/m0./s1. The van der Waals surface area contributed by atoms with Crippen molar-refractivity contribution in [1.82, 2.24) is 20.2 Å². The average Bonchev–Trinajstić information content (AvgIpc) is 3.35. The van der Waals surface area contributed by atoms with E-state index in [2.05, 4.69) is 32.0 Å². The highest BCUT2D eigenvalue weighted by Crippen LogP contribution is 2.42. The fourth-order valence-electron chi connectivity index (χ4n) is 4.57. The molecule has 0 amide bonds. The summed E-state index contributed by atoms with van der Waals surface area (Å²) in [5.41, 5.74) is 6.92. The number of aromatic nitrogens is 4. The van der Waals surface area contributed by atoms with Crippen LogP contribution in [0.2, 0.25) is 5.02 Å². The van der Waals surface area contributed by atoms with Crippen LogP contribution in [0.25, 0.3) is 10.9 Å². The highest BCUT2D eigenvalue weighted by Gasteiger charge is 2.47. The third-order valence-corrected chi connectivity index (χ3v) is 8.09. The number of ether oxygens (including phenoxy) is 1. The fourth-order valence-corrected chi connectivity index (χ4v) is 5.66. The Labute approximate surface area is 205 Å². The van der Waals surface area contributed by atoms with Gasteiger partial charge in [0.05, 0.1) is 35.6 Å². The zero-order chi connectivity index (χ0) is 22.5. The van der Waals surface area contributed by atoms with Gasteiger partial charge in [0.2, 0.25) is 0 Å². The number of benzene rings is 1. The molecule has 12 heteroatoms. The maximum Gasteiger partial charge on any atom is 0.357 e. The van der Waals surface area contributed by atoms with Gasteiger partial charge in [-0.25, -0.2) is 14.8 Å². The number of carboxylic acid groups (broad SMARTS) is 1. The van der Waals surface area contributed by atoms with Crippen LogP contribution in [0.1, 0.15) is 30.3 Å². The minimum absolute atomic E-state index is 0. The van der Waals surface area contributed by atoms with Crippen molar-refractivity contribution in [3.05, 3.63) is 35.2 Å². The minimum atomic E-state index is -1.10. The molecule has 4 heterocycles. The first-order valence-corrected chi connectivity index (χ1v) is 11.6. The molecule has 2 aliphatic rings. The Bertz CT molecular complexity index is 1170. The van der Waals surface area contributed by atoms with Gasteiger partial charge >= 0.3 is 5.97 Å². The van der Waals surface area contributed by atoms with Gasteiger partial charge in [-0.05, 0) is 31.9 Å². The summed E-state index contributed by atoms with van der Waals surface area (Å²) < 4.78 is 5.80. The molecule has 2 fully saturated rings. The van der Waals surface area contributed by atoms with E-state index in [1.807, 2.05) is 0 Å². The van der Waals surface area contributed by atoms with Crippen LogP contribution in [-0.4, -0.2) is 63.1 Å². The lowest BCUT2D eigenvalue weighted by molar-refractivity contribution is 0.0692. The molecule has 0 radical (unpaired) electrons. The lowest BCUT2D eigenvalue weighted by atomic mass is 9.73. The molecule has 33 heavy (non-hydrogen) atoms. The second kappa shape index (κ2) is 9.27. The maximum atomic E-state index is 11.3. The summed E-state index contributed by atoms with van der Waals surface area (Å²) >= 11 is 7.85. The van der Waals surface area contributed by atoms with Crippen molar-refractivity contribution in [2.45, 2.75) is 41.8 Å². The number of nitrogens with zero attached hydrogens (tertiary/aromatic N) is 4. The summed E-state index contributed by atoms with van der Waals surface area (Å²) in [6, 6.07) is 3.54. The number of carbonyl (C=O) groups is 1. The number of fused-ring (bicyclic) bond motifs is 1. The second-order valence-electron chi connectivity index (χ2n) is 8.38. The number of nitrogens with one attached hydrogen (secondary N) is 1. The third kappa shape index (κ3) is 4.26. The van der Waals surface area contributed by atoms with E-state index in [0.29, 0.717) is 21.0 Å². The predicted octanol–water partition coefficient (Wildman–Crippen LogP) is 3.61. The van der Waals surface area contributed by atoms with Gasteiger partial charge in [-0.3, -0.25) is 5.10 Å². The van der Waals surface area contributed by atoms with Gasteiger partial charge in [0.15, 0.2) is 5.69 Å². The van der Waals surface area contributed by atoms with E-state index in [9.17, 15) is 9.90 Å². The number of nitrogens with two attached hydrogens (primary N) is 1. The Balaban J connectivity index is 0.00000259. The number of piperidine rings is 1. The lowest BCUT2D eigenvalue weighted by Crippen LogP contribution is -2.50. The zero-order valence-electron chi connectivity index (χ0n) is 17.8. The van der Waals surface area contributed by atoms with Crippen LogP contribution in [0, 0.1) is 5.41 Å². The van der Waals surface area contributed by atoms with E-state index in [-0.39, 0.29) is 35.7 Å². The van der Waals surface area contributed by atoms with Crippen LogP contribution >= 0.6 is 35.8 Å². The SMILES string of the molecule is C[C@@H]1OCC2(CCN(c3cnc(Sc4ccc5c(C(=O)O)n[nH]c5c4Cl)cn3)CC2)[C@@H]1N.Cl. The van der Waals surface area contributed by atoms with Crippen LogP contribution in [0.3, 0.4) is 0 Å². The van der Waals surface area contributed by atoms with Crippen molar-refractivity contribution in [3.63, 3.8) is 0 Å². The Morgan fingerprint density at radius 1 is 1.33 bits per heavy atom. The second-order valence-corrected chi connectivity index (χ2v) is 9.82. The molecule has 5 rings (SSSR count). The summed E-state index contributed by atoms with van der Waals surface area (Å²) in [5.74, 6) is -0.263. The Hall–Kier alpha value is -2.11. The molecule has 0 bridgehead atoms. The molecule has 1 spiro atoms. The molecule has 2 aliphatic heterocycles. The first-order valence-electron chi connectivity index (χ1n) is 10.4. The molecule has 176 valence electrons. The summed E-state index contributed by atoms with van der Waals surface area (Å²) in [5, 5.41) is 17.3. The normalized spacial score (nSPS) is 22.0. The number of anilines is 1. The lowest BCUT2D eigenvalue weighted by Gasteiger charge is -2.41. The van der Waals surface area contributed by atoms with Gasteiger partial charge in [0.1, 0.15) is 10.8 Å². The molecule has 0 saturated carbocycles. The number of hydrogen-bond acceptors (Lipinski definition) is 8. The zero-order valence-corrected chi connectivity index (χ0v) is 20.2. The molecular formula is C21H24Cl2N6O3S. The van der Waals surface area contributed by atoms with Gasteiger partial charge in [0, 0.05) is 34.8 Å². The maximum absolute atomic E-state index is 11.3. The van der Waals surface area contributed by atoms with Crippen LogP contribution in [-0.2, 0) is 4.74 Å². The molecule has 9 nitrogen and oxygen atoms in total. The van der Waals surface area contributed by atoms with Crippen molar-refractivity contribution >= 4 is 58.5 Å². The largest absolute Gasteiger partial charge is 0.476 e. The molecule has 2 aromatic heterocycles. The number of aromatic carboxylic acids is 1. The van der Waals surface area contributed by atoms with Crippen molar-refractivity contribution in [1.29, 1.82) is 0 Å². The molecule has 3 aromatic rings. The van der Waals surface area contributed by atoms with E-state index in [1.165, 1.54) is 11.8 Å². The monoisotopic (exact) mass is 510 g/mol. The van der Waals surface area contributed by atoms with E-state index in [0.717, 1.165) is 43.3 Å². The van der Waals surface area contributed by atoms with Gasteiger partial charge in [-0.15, -0.1) is 12.4 Å². The van der Waals surface area contributed by atoms with E-state index >= 15 is 0 Å². The first-order chi connectivity index (χ1) is 15.4. The van der Waals surface area contributed by atoms with Crippen molar-refractivity contribution in [3.8, 4) is 0 Å². The summed E-state index contributed by atoms with van der Waals surface area (Å²) in [4.78, 5) is 23.4. The molecule has 1 aromatic carbocycles. The number of H-pyrrole nitrogens is 1. The summed E-state index contributed by atoms with van der Waals surface area (Å²) in [6.07, 6.45) is 5.58. The van der Waals surface area contributed by atoms with E-state index in [1.54, 1.807) is 24.5 Å². The predicted molar refractivity (Wildman–Crippen MR) is 129 cm³/mol. The molecule has 0 aliphatic carbocycles. The molecule has 0 unspecified atom stereocenters. The Kier molecular flexibility index (Phi) is 6.75. The smallest absolute Gasteiger partial charge is 0.357 e. The fraction of sp³-hybridized carbons (Fsp3) is 0.429. The van der Waals surface area contributed by atoms with Gasteiger partial charge in [-0.1, -0.05) is 23.4 Å². The number of carboxylic acids is 1. The van der Waals surface area contributed by atoms with Gasteiger partial charge < -0.3 is 20.5 Å². The summed E-state index contributed by atoms with van der Waals surface area (Å²) in [7, 11) is 0. The van der Waals surface area contributed by atoms with Crippen molar-refractivity contribution in [2.24, 2.45) is 11.1 Å². The Morgan fingerprint density at radius 3 is 2.70 bits per heavy atom. The van der Waals surface area contributed by atoms with Gasteiger partial charge in [0.25, 0.3) is 0 Å². The van der Waals surface area contributed by atoms with E-state index < -0.39 is 5.97 Å². The average molecular weight is 511 g/mol. The molecule has 2 saturated heterocycles. The first kappa shape index (κ1) is 24.0. The minimum Gasteiger partial charge on any atom is -0.476 e. The topological polar surface area (TPSA) is 130 Å². The number of rotatable bonds is 4. The molecule has 4 N–H and O–H groups in total. The number of halogens is 2. The quantitative estimate of drug-likeness (QED) is 0.481. The van der Waals surface area contributed by atoms with E-state index in [4.69, 9.17) is 22.1 Å². The van der Waals surface area contributed by atoms with Crippen LogP contribution in [0.15, 0.2) is 34.4 Å². The Morgan fingerprint density at radius 2 is 2.09 bits per heavy atom. The number of hydrogen-bond donors (Lipinski definition) is 3. The van der Waals surface area contributed by atoms with Crippen molar-refractivity contribution < 1.29 is 14.6 Å². The van der Waals surface area contributed by atoms with Crippen LogP contribution in [0.4, 0.5) is 5.82 Å². The highest BCUT2D eigenvalue weighted by molar-refractivity contribution is 7.99. The number of aromatic amines is 1.